The van der Waals surface area contributed by atoms with Crippen LogP contribution >= 0.6 is 0 Å². The van der Waals surface area contributed by atoms with Crippen LogP contribution in [0.15, 0.2) is 82.3 Å². The van der Waals surface area contributed by atoms with Crippen molar-refractivity contribution in [2.24, 2.45) is 0 Å². The molecule has 2 aromatic carbocycles. The Morgan fingerprint density at radius 1 is 0.865 bits per heavy atom. The highest BCUT2D eigenvalue weighted by Crippen LogP contribution is 2.31. The zero-order valence-electron chi connectivity index (χ0n) is 20.2. The Morgan fingerprint density at radius 3 is 2.08 bits per heavy atom. The summed E-state index contributed by atoms with van der Waals surface area (Å²) in [5.41, 5.74) is 2.78. The molecule has 192 valence electrons. The van der Waals surface area contributed by atoms with E-state index in [1.807, 2.05) is 53.4 Å². The standard InChI is InChI=1S/C27H27N3O6S/c31-25-23-4-1-2-5-24(23)36-27(26(25)32)20-6-8-21(9-7-20)29-15-17-30(18-16-29)22-10-13-28(14-11-22)12-3-19-37(33,34)35/h1-2,4-11,13-14H,3,12,15-19H2,(H-,32,33,34,35)/p+1. The molecule has 0 spiro atoms. The topological polar surface area (TPSA) is 115 Å². The second-order valence-corrected chi connectivity index (χ2v) is 10.6. The van der Waals surface area contributed by atoms with Crippen molar-refractivity contribution in [2.75, 3.05) is 41.7 Å². The van der Waals surface area contributed by atoms with Crippen LogP contribution in [-0.4, -0.2) is 50.0 Å². The lowest BCUT2D eigenvalue weighted by molar-refractivity contribution is -0.696. The van der Waals surface area contributed by atoms with Gasteiger partial charge in [-0.15, -0.1) is 0 Å². The van der Waals surface area contributed by atoms with Crippen molar-refractivity contribution in [3.05, 3.63) is 83.3 Å². The Morgan fingerprint density at radius 2 is 1.46 bits per heavy atom. The van der Waals surface area contributed by atoms with Crippen LogP contribution in [0, 0.1) is 0 Å². The molecular weight excluding hydrogens is 494 g/mol. The Labute approximate surface area is 214 Å². The van der Waals surface area contributed by atoms with Gasteiger partial charge in [-0.25, -0.2) is 4.57 Å². The molecule has 0 radical (unpaired) electrons. The van der Waals surface area contributed by atoms with Crippen LogP contribution in [0.1, 0.15) is 6.42 Å². The van der Waals surface area contributed by atoms with Gasteiger partial charge in [-0.3, -0.25) is 9.35 Å². The van der Waals surface area contributed by atoms with Gasteiger partial charge in [0.2, 0.25) is 11.2 Å². The second kappa shape index (κ2) is 10.2. The number of fused-ring (bicyclic) bond motifs is 1. The summed E-state index contributed by atoms with van der Waals surface area (Å²) < 4.78 is 38.4. The first-order valence-electron chi connectivity index (χ1n) is 12.1. The zero-order chi connectivity index (χ0) is 26.0. The smallest absolute Gasteiger partial charge is 0.265 e. The van der Waals surface area contributed by atoms with Crippen molar-refractivity contribution in [1.82, 2.24) is 0 Å². The van der Waals surface area contributed by atoms with Crippen LogP contribution in [0.25, 0.3) is 22.3 Å². The lowest BCUT2D eigenvalue weighted by Crippen LogP contribution is -2.46. The molecule has 37 heavy (non-hydrogen) atoms. The lowest BCUT2D eigenvalue weighted by atomic mass is 10.1. The van der Waals surface area contributed by atoms with Crippen molar-refractivity contribution >= 4 is 32.5 Å². The SMILES string of the molecule is O=c1c(O)c(-c2ccc(N3CCN(c4cc[n+](CCCS(=O)(=O)O)cc4)CC3)cc2)oc2ccccc12. The predicted octanol–water partition coefficient (Wildman–Crippen LogP) is 3.06. The number of aryl methyl sites for hydroxylation is 1. The molecule has 1 aliphatic heterocycles. The number of aromatic nitrogens is 1. The molecule has 1 aliphatic rings. The van der Waals surface area contributed by atoms with Gasteiger partial charge in [-0.2, -0.15) is 8.42 Å². The number of rotatable bonds is 7. The molecular formula is C27H28N3O6S+. The summed E-state index contributed by atoms with van der Waals surface area (Å²) in [5.74, 6) is -0.468. The Balaban J connectivity index is 1.21. The average molecular weight is 523 g/mol. The third kappa shape index (κ3) is 5.60. The minimum atomic E-state index is -3.93. The summed E-state index contributed by atoms with van der Waals surface area (Å²) >= 11 is 0. The van der Waals surface area contributed by atoms with E-state index < -0.39 is 15.5 Å². The fourth-order valence-corrected chi connectivity index (χ4v) is 5.11. The highest BCUT2D eigenvalue weighted by atomic mass is 32.2. The molecule has 1 fully saturated rings. The fourth-order valence-electron chi connectivity index (χ4n) is 4.61. The summed E-state index contributed by atoms with van der Waals surface area (Å²) in [6.45, 7) is 3.87. The Hall–Kier alpha value is -3.89. The molecule has 1 saturated heterocycles. The summed E-state index contributed by atoms with van der Waals surface area (Å²) in [5, 5.41) is 10.8. The number of hydrogen-bond donors (Lipinski definition) is 2. The van der Waals surface area contributed by atoms with Gasteiger partial charge < -0.3 is 19.3 Å². The van der Waals surface area contributed by atoms with Crippen LogP contribution < -0.4 is 19.8 Å². The maximum atomic E-state index is 12.5. The van der Waals surface area contributed by atoms with Gasteiger partial charge in [0.15, 0.2) is 18.2 Å². The molecule has 5 rings (SSSR count). The Bertz CT molecular complexity index is 1560. The van der Waals surface area contributed by atoms with Crippen LogP contribution in [0.4, 0.5) is 11.4 Å². The van der Waals surface area contributed by atoms with Crippen molar-refractivity contribution in [2.45, 2.75) is 13.0 Å². The molecule has 2 aromatic heterocycles. The number of anilines is 2. The molecule has 0 atom stereocenters. The minimum absolute atomic E-state index is 0.166. The molecule has 4 aromatic rings. The normalized spacial score (nSPS) is 14.3. The molecule has 0 unspecified atom stereocenters. The summed E-state index contributed by atoms with van der Waals surface area (Å²) in [4.78, 5) is 17.1. The van der Waals surface area contributed by atoms with Crippen molar-refractivity contribution in [3.8, 4) is 17.1 Å². The molecule has 10 heteroatoms. The monoisotopic (exact) mass is 522 g/mol. The number of nitrogens with zero attached hydrogens (tertiary/aromatic N) is 3. The quantitative estimate of drug-likeness (QED) is 0.281. The van der Waals surface area contributed by atoms with Gasteiger partial charge in [-0.1, -0.05) is 12.1 Å². The first-order chi connectivity index (χ1) is 17.8. The third-order valence-corrected chi connectivity index (χ3v) is 7.41. The predicted molar refractivity (Wildman–Crippen MR) is 142 cm³/mol. The molecule has 0 aliphatic carbocycles. The van der Waals surface area contributed by atoms with E-state index in [4.69, 9.17) is 8.97 Å². The lowest BCUT2D eigenvalue weighted by Gasteiger charge is -2.37. The zero-order valence-corrected chi connectivity index (χ0v) is 21.0. The first-order valence-corrected chi connectivity index (χ1v) is 13.7. The van der Waals surface area contributed by atoms with Crippen LogP contribution in [0.3, 0.4) is 0 Å². The van der Waals surface area contributed by atoms with E-state index in [-0.39, 0.29) is 17.3 Å². The number of pyridine rings is 1. The highest BCUT2D eigenvalue weighted by Gasteiger charge is 2.20. The van der Waals surface area contributed by atoms with Crippen molar-refractivity contribution in [1.29, 1.82) is 0 Å². The van der Waals surface area contributed by atoms with Gasteiger partial charge in [-0.05, 0) is 36.4 Å². The maximum Gasteiger partial charge on any atom is 0.265 e. The van der Waals surface area contributed by atoms with Crippen molar-refractivity contribution < 1.29 is 27.1 Å². The largest absolute Gasteiger partial charge is 0.502 e. The highest BCUT2D eigenvalue weighted by molar-refractivity contribution is 7.85. The van der Waals surface area contributed by atoms with E-state index >= 15 is 0 Å². The third-order valence-electron chi connectivity index (χ3n) is 6.61. The summed E-state index contributed by atoms with van der Waals surface area (Å²) in [6.07, 6.45) is 4.20. The Kier molecular flexibility index (Phi) is 6.86. The number of para-hydroxylation sites is 1. The van der Waals surface area contributed by atoms with Crippen LogP contribution in [0.5, 0.6) is 5.75 Å². The van der Waals surface area contributed by atoms with Crippen LogP contribution in [0.2, 0.25) is 0 Å². The molecule has 0 amide bonds. The molecule has 2 N–H and O–H groups in total. The molecule has 3 heterocycles. The van der Waals surface area contributed by atoms with Gasteiger partial charge >= 0.3 is 0 Å². The molecule has 0 saturated carbocycles. The molecule has 0 bridgehead atoms. The minimum Gasteiger partial charge on any atom is -0.502 e. The average Bonchev–Trinajstić information content (AvgIpc) is 2.91. The fraction of sp³-hybridized carbons (Fsp3) is 0.259. The van der Waals surface area contributed by atoms with Gasteiger partial charge in [0.25, 0.3) is 10.1 Å². The summed E-state index contributed by atoms with van der Waals surface area (Å²) in [7, 11) is -3.93. The van der Waals surface area contributed by atoms with Gasteiger partial charge in [0.05, 0.1) is 11.1 Å². The maximum absolute atomic E-state index is 12.5. The van der Waals surface area contributed by atoms with E-state index in [9.17, 15) is 18.3 Å². The van der Waals surface area contributed by atoms with E-state index in [1.165, 1.54) is 0 Å². The first kappa shape index (κ1) is 24.8. The van der Waals surface area contributed by atoms with E-state index in [2.05, 4.69) is 9.80 Å². The van der Waals surface area contributed by atoms with Crippen LogP contribution in [-0.2, 0) is 16.7 Å². The summed E-state index contributed by atoms with van der Waals surface area (Å²) in [6, 6.07) is 18.5. The number of piperazine rings is 1. The second-order valence-electron chi connectivity index (χ2n) is 9.06. The number of hydrogen-bond acceptors (Lipinski definition) is 7. The van der Waals surface area contributed by atoms with E-state index in [1.54, 1.807) is 24.3 Å². The van der Waals surface area contributed by atoms with E-state index in [0.29, 0.717) is 29.5 Å². The van der Waals surface area contributed by atoms with E-state index in [0.717, 1.165) is 37.6 Å². The van der Waals surface area contributed by atoms with Gasteiger partial charge in [0, 0.05) is 61.7 Å². The van der Waals surface area contributed by atoms with Crippen molar-refractivity contribution in [3.63, 3.8) is 0 Å². The molecule has 9 nitrogen and oxygen atoms in total. The number of benzene rings is 2. The number of aromatic hydroxyl groups is 1. The van der Waals surface area contributed by atoms with Gasteiger partial charge in [0.1, 0.15) is 12.1 Å².